The highest BCUT2D eigenvalue weighted by molar-refractivity contribution is 7.80. The minimum atomic E-state index is -0.535. The lowest BCUT2D eigenvalue weighted by Gasteiger charge is -2.17. The molecule has 0 atom stereocenters. The highest BCUT2D eigenvalue weighted by Gasteiger charge is 2.15. The predicted molar refractivity (Wildman–Crippen MR) is 62.5 cm³/mol. The Bertz CT molecular complexity index is 384. The molecule has 0 aromatic heterocycles. The maximum Gasteiger partial charge on any atom is 0.256 e. The molecule has 0 saturated carbocycles. The molecule has 0 spiro atoms. The number of hydrogen-bond acceptors (Lipinski definition) is 3. The summed E-state index contributed by atoms with van der Waals surface area (Å²) in [4.78, 5) is 13.8. The van der Waals surface area contributed by atoms with Crippen molar-refractivity contribution in [1.82, 2.24) is 4.90 Å². The molecular weight excluding hydrogens is 229 g/mol. The molecule has 1 aromatic rings. The van der Waals surface area contributed by atoms with Gasteiger partial charge in [0, 0.05) is 25.6 Å². The van der Waals surface area contributed by atoms with Crippen LogP contribution in [0.25, 0.3) is 0 Å². The van der Waals surface area contributed by atoms with Gasteiger partial charge in [-0.2, -0.15) is 0 Å². The lowest BCUT2D eigenvalue weighted by molar-refractivity contribution is 0.0739. The molecule has 5 heteroatoms. The number of rotatable bonds is 4. The summed E-state index contributed by atoms with van der Waals surface area (Å²) in [5, 5.41) is 0. The summed E-state index contributed by atoms with van der Waals surface area (Å²) >= 11 is 4.07. The standard InChI is InChI=1S/C11H14FNO2S/c1-13(5-6-15-2)11(14)9-7-8(16)3-4-10(9)12/h3-4,7,16H,5-6H2,1-2H3. The molecule has 0 bridgehead atoms. The van der Waals surface area contributed by atoms with Gasteiger partial charge < -0.3 is 9.64 Å². The number of carbonyl (C=O) groups excluding carboxylic acids is 1. The number of amides is 1. The van der Waals surface area contributed by atoms with Crippen molar-refractivity contribution < 1.29 is 13.9 Å². The van der Waals surface area contributed by atoms with Crippen LogP contribution < -0.4 is 0 Å². The summed E-state index contributed by atoms with van der Waals surface area (Å²) < 4.78 is 18.2. The fourth-order valence-corrected chi connectivity index (χ4v) is 1.42. The van der Waals surface area contributed by atoms with Gasteiger partial charge in [0.2, 0.25) is 0 Å². The minimum Gasteiger partial charge on any atom is -0.383 e. The van der Waals surface area contributed by atoms with Crippen LogP contribution in [0.15, 0.2) is 23.1 Å². The van der Waals surface area contributed by atoms with Gasteiger partial charge in [-0.15, -0.1) is 12.6 Å². The van der Waals surface area contributed by atoms with Crippen molar-refractivity contribution >= 4 is 18.5 Å². The highest BCUT2D eigenvalue weighted by atomic mass is 32.1. The Balaban J connectivity index is 2.83. The lowest BCUT2D eigenvalue weighted by atomic mass is 10.2. The first-order valence-electron chi connectivity index (χ1n) is 4.79. The van der Waals surface area contributed by atoms with Gasteiger partial charge in [0.15, 0.2) is 0 Å². The number of ether oxygens (including phenoxy) is 1. The molecule has 0 saturated heterocycles. The molecule has 0 aliphatic rings. The van der Waals surface area contributed by atoms with Crippen molar-refractivity contribution in [3.05, 3.63) is 29.6 Å². The monoisotopic (exact) mass is 243 g/mol. The van der Waals surface area contributed by atoms with Crippen LogP contribution >= 0.6 is 12.6 Å². The first kappa shape index (κ1) is 13.0. The van der Waals surface area contributed by atoms with Crippen LogP contribution in [0.4, 0.5) is 4.39 Å². The maximum absolute atomic E-state index is 13.4. The van der Waals surface area contributed by atoms with Crippen LogP contribution in [0.1, 0.15) is 10.4 Å². The number of methoxy groups -OCH3 is 1. The second-order valence-electron chi connectivity index (χ2n) is 3.38. The maximum atomic E-state index is 13.4. The molecule has 0 aliphatic heterocycles. The average Bonchev–Trinajstić information content (AvgIpc) is 2.28. The zero-order valence-corrected chi connectivity index (χ0v) is 10.1. The molecule has 0 radical (unpaired) electrons. The molecule has 1 rings (SSSR count). The van der Waals surface area contributed by atoms with E-state index in [4.69, 9.17) is 4.74 Å². The summed E-state index contributed by atoms with van der Waals surface area (Å²) in [5.41, 5.74) is 0.0334. The fourth-order valence-electron chi connectivity index (χ4n) is 1.21. The SMILES string of the molecule is COCCN(C)C(=O)c1cc(S)ccc1F. The van der Waals surface area contributed by atoms with Gasteiger partial charge in [-0.05, 0) is 18.2 Å². The summed E-state index contributed by atoms with van der Waals surface area (Å²) in [6, 6.07) is 4.16. The molecule has 0 N–H and O–H groups in total. The number of benzene rings is 1. The number of thiol groups is 1. The Kier molecular flexibility index (Phi) is 4.76. The topological polar surface area (TPSA) is 29.5 Å². The molecule has 1 aromatic carbocycles. The van der Waals surface area contributed by atoms with Crippen molar-refractivity contribution in [1.29, 1.82) is 0 Å². The van der Waals surface area contributed by atoms with Gasteiger partial charge in [-0.3, -0.25) is 4.79 Å². The first-order chi connectivity index (χ1) is 7.56. The van der Waals surface area contributed by atoms with E-state index >= 15 is 0 Å². The van der Waals surface area contributed by atoms with Gasteiger partial charge in [0.1, 0.15) is 5.82 Å². The molecule has 0 heterocycles. The molecule has 1 amide bonds. The van der Waals surface area contributed by atoms with Gasteiger partial charge >= 0.3 is 0 Å². The van der Waals surface area contributed by atoms with Crippen LogP contribution in [0.3, 0.4) is 0 Å². The van der Waals surface area contributed by atoms with Crippen LogP contribution in [-0.2, 0) is 4.74 Å². The van der Waals surface area contributed by atoms with Gasteiger partial charge in [-0.25, -0.2) is 4.39 Å². The molecule has 0 aliphatic carbocycles. The Labute approximate surface area is 99.6 Å². The van der Waals surface area contributed by atoms with E-state index in [-0.39, 0.29) is 11.5 Å². The smallest absolute Gasteiger partial charge is 0.256 e. The summed E-state index contributed by atoms with van der Waals surface area (Å²) in [7, 11) is 3.15. The molecule has 16 heavy (non-hydrogen) atoms. The van der Waals surface area contributed by atoms with E-state index in [2.05, 4.69) is 12.6 Å². The summed E-state index contributed by atoms with van der Waals surface area (Å²) in [6.45, 7) is 0.843. The fraction of sp³-hybridized carbons (Fsp3) is 0.364. The van der Waals surface area contributed by atoms with Gasteiger partial charge in [-0.1, -0.05) is 0 Å². The van der Waals surface area contributed by atoms with Crippen LogP contribution in [-0.4, -0.2) is 38.1 Å². The Hall–Kier alpha value is -1.07. The van der Waals surface area contributed by atoms with Crippen molar-refractivity contribution in [2.45, 2.75) is 4.90 Å². The predicted octanol–water partition coefficient (Wildman–Crippen LogP) is 1.83. The average molecular weight is 243 g/mol. The van der Waals surface area contributed by atoms with Crippen molar-refractivity contribution in [3.63, 3.8) is 0 Å². The minimum absolute atomic E-state index is 0.0334. The summed E-state index contributed by atoms with van der Waals surface area (Å²) in [5.74, 6) is -0.905. The first-order valence-corrected chi connectivity index (χ1v) is 5.24. The van der Waals surface area contributed by atoms with E-state index in [0.29, 0.717) is 18.0 Å². The number of carbonyl (C=O) groups is 1. The Morgan fingerprint density at radius 2 is 2.25 bits per heavy atom. The lowest BCUT2D eigenvalue weighted by Crippen LogP contribution is -2.30. The van der Waals surface area contributed by atoms with E-state index < -0.39 is 5.82 Å². The Morgan fingerprint density at radius 3 is 2.88 bits per heavy atom. The van der Waals surface area contributed by atoms with E-state index in [1.54, 1.807) is 14.2 Å². The third-order valence-corrected chi connectivity index (χ3v) is 2.44. The van der Waals surface area contributed by atoms with E-state index in [1.807, 2.05) is 0 Å². The molecular formula is C11H14FNO2S. The third kappa shape index (κ3) is 3.21. The Morgan fingerprint density at radius 1 is 1.56 bits per heavy atom. The number of halogens is 1. The van der Waals surface area contributed by atoms with Crippen LogP contribution in [0, 0.1) is 5.82 Å². The van der Waals surface area contributed by atoms with E-state index in [9.17, 15) is 9.18 Å². The number of likely N-dealkylation sites (N-methyl/N-ethyl adjacent to an activating group) is 1. The van der Waals surface area contributed by atoms with Crippen LogP contribution in [0.2, 0.25) is 0 Å². The zero-order valence-electron chi connectivity index (χ0n) is 9.24. The number of hydrogen-bond donors (Lipinski definition) is 1. The molecule has 0 unspecified atom stereocenters. The normalized spacial score (nSPS) is 10.2. The second kappa shape index (κ2) is 5.86. The van der Waals surface area contributed by atoms with E-state index in [0.717, 1.165) is 0 Å². The highest BCUT2D eigenvalue weighted by Crippen LogP contribution is 2.15. The van der Waals surface area contributed by atoms with Gasteiger partial charge in [0.05, 0.1) is 12.2 Å². The number of nitrogens with zero attached hydrogens (tertiary/aromatic N) is 1. The van der Waals surface area contributed by atoms with Gasteiger partial charge in [0.25, 0.3) is 5.91 Å². The summed E-state index contributed by atoms with van der Waals surface area (Å²) in [6.07, 6.45) is 0. The van der Waals surface area contributed by atoms with Crippen LogP contribution in [0.5, 0.6) is 0 Å². The molecule has 0 fully saturated rings. The molecule has 3 nitrogen and oxygen atoms in total. The van der Waals surface area contributed by atoms with E-state index in [1.165, 1.54) is 23.1 Å². The quantitative estimate of drug-likeness (QED) is 0.818. The van der Waals surface area contributed by atoms with Crippen molar-refractivity contribution in [2.24, 2.45) is 0 Å². The van der Waals surface area contributed by atoms with Crippen molar-refractivity contribution in [3.8, 4) is 0 Å². The molecule has 88 valence electrons. The third-order valence-electron chi connectivity index (χ3n) is 2.16. The largest absolute Gasteiger partial charge is 0.383 e. The zero-order chi connectivity index (χ0) is 12.1. The second-order valence-corrected chi connectivity index (χ2v) is 3.90. The van der Waals surface area contributed by atoms with Crippen molar-refractivity contribution in [2.75, 3.05) is 27.3 Å².